The number of esters is 1. The Morgan fingerprint density at radius 3 is 2.65 bits per heavy atom. The highest BCUT2D eigenvalue weighted by atomic mass is 35.5. The van der Waals surface area contributed by atoms with Crippen molar-refractivity contribution < 1.29 is 27.4 Å². The third-order valence-corrected chi connectivity index (χ3v) is 2.34. The maximum atomic E-state index is 12.2. The average Bonchev–Trinajstić information content (AvgIpc) is 2.30. The molecule has 2 N–H and O–H groups in total. The topological polar surface area (TPSA) is 61.5 Å². The van der Waals surface area contributed by atoms with Crippen molar-refractivity contribution in [1.82, 2.24) is 0 Å². The second-order valence-corrected chi connectivity index (χ2v) is 3.95. The standard InChI is InChI=1S/C12H11ClF3NO3/c1-2-19-11(18)4-3-7-5-10(20-12(14,15)16)8(13)6-9(7)17/h3-6H,2,17H2,1H3. The van der Waals surface area contributed by atoms with Gasteiger partial charge in [-0.15, -0.1) is 13.2 Å². The number of alkyl halides is 3. The number of ether oxygens (including phenoxy) is 2. The fraction of sp³-hybridized carbons (Fsp3) is 0.250. The fourth-order valence-electron chi connectivity index (χ4n) is 1.28. The van der Waals surface area contributed by atoms with Crippen LogP contribution in [-0.4, -0.2) is 18.9 Å². The quantitative estimate of drug-likeness (QED) is 0.526. The molecule has 0 aromatic heterocycles. The fourth-order valence-corrected chi connectivity index (χ4v) is 1.49. The number of halogens is 4. The molecule has 0 heterocycles. The van der Waals surface area contributed by atoms with Gasteiger partial charge >= 0.3 is 12.3 Å². The first-order chi connectivity index (χ1) is 9.23. The highest BCUT2D eigenvalue weighted by molar-refractivity contribution is 6.32. The van der Waals surface area contributed by atoms with E-state index >= 15 is 0 Å². The first-order valence-electron chi connectivity index (χ1n) is 5.42. The Bertz CT molecular complexity index is 529. The maximum absolute atomic E-state index is 12.2. The van der Waals surface area contributed by atoms with Gasteiger partial charge in [0, 0.05) is 17.3 Å². The van der Waals surface area contributed by atoms with Gasteiger partial charge in [0.15, 0.2) is 0 Å². The molecular weight excluding hydrogens is 299 g/mol. The molecule has 1 rings (SSSR count). The molecule has 1 aromatic rings. The average molecular weight is 310 g/mol. The van der Waals surface area contributed by atoms with Gasteiger partial charge < -0.3 is 15.2 Å². The number of benzene rings is 1. The van der Waals surface area contributed by atoms with Crippen LogP contribution in [0, 0.1) is 0 Å². The predicted octanol–water partition coefficient (Wildman–Crippen LogP) is 3.40. The van der Waals surface area contributed by atoms with Gasteiger partial charge in [0.2, 0.25) is 0 Å². The van der Waals surface area contributed by atoms with E-state index in [0.29, 0.717) is 0 Å². The van der Waals surface area contributed by atoms with Crippen LogP contribution in [0.5, 0.6) is 5.75 Å². The van der Waals surface area contributed by atoms with Crippen LogP contribution in [0.2, 0.25) is 5.02 Å². The lowest BCUT2D eigenvalue weighted by molar-refractivity contribution is -0.274. The molecule has 0 aliphatic carbocycles. The number of hydrogen-bond acceptors (Lipinski definition) is 4. The molecule has 0 fully saturated rings. The van der Waals surface area contributed by atoms with Crippen molar-refractivity contribution in [3.63, 3.8) is 0 Å². The molecule has 0 spiro atoms. The van der Waals surface area contributed by atoms with Crippen molar-refractivity contribution in [1.29, 1.82) is 0 Å². The third-order valence-electron chi connectivity index (χ3n) is 2.05. The first-order valence-corrected chi connectivity index (χ1v) is 5.80. The largest absolute Gasteiger partial charge is 0.573 e. The van der Waals surface area contributed by atoms with E-state index in [1.54, 1.807) is 6.92 Å². The lowest BCUT2D eigenvalue weighted by Gasteiger charge is -2.12. The maximum Gasteiger partial charge on any atom is 0.573 e. The van der Waals surface area contributed by atoms with E-state index in [9.17, 15) is 18.0 Å². The van der Waals surface area contributed by atoms with Crippen molar-refractivity contribution >= 4 is 29.3 Å². The number of nitrogen functional groups attached to an aromatic ring is 1. The Morgan fingerprint density at radius 2 is 2.10 bits per heavy atom. The molecule has 0 bridgehead atoms. The first kappa shape index (κ1) is 16.2. The summed E-state index contributed by atoms with van der Waals surface area (Å²) in [6, 6.07) is 2.09. The van der Waals surface area contributed by atoms with Gasteiger partial charge in [-0.1, -0.05) is 11.6 Å². The van der Waals surface area contributed by atoms with Crippen LogP contribution in [0.4, 0.5) is 18.9 Å². The van der Waals surface area contributed by atoms with Crippen LogP contribution >= 0.6 is 11.6 Å². The van der Waals surface area contributed by atoms with Gasteiger partial charge in [0.25, 0.3) is 0 Å². The van der Waals surface area contributed by atoms with Gasteiger partial charge in [-0.25, -0.2) is 4.79 Å². The van der Waals surface area contributed by atoms with Crippen molar-refractivity contribution in [2.45, 2.75) is 13.3 Å². The normalized spacial score (nSPS) is 11.7. The summed E-state index contributed by atoms with van der Waals surface area (Å²) in [4.78, 5) is 11.1. The van der Waals surface area contributed by atoms with Crippen LogP contribution < -0.4 is 10.5 Å². The van der Waals surface area contributed by atoms with E-state index in [0.717, 1.165) is 18.2 Å². The Labute approximate surface area is 117 Å². The molecular formula is C12H11ClF3NO3. The minimum Gasteiger partial charge on any atom is -0.463 e. The molecule has 0 aliphatic heterocycles. The minimum atomic E-state index is -4.87. The lowest BCUT2D eigenvalue weighted by Crippen LogP contribution is -2.17. The summed E-state index contributed by atoms with van der Waals surface area (Å²) < 4.78 is 44.9. The Balaban J connectivity index is 3.03. The highest BCUT2D eigenvalue weighted by Gasteiger charge is 2.32. The van der Waals surface area contributed by atoms with Crippen LogP contribution in [0.3, 0.4) is 0 Å². The molecule has 0 unspecified atom stereocenters. The summed E-state index contributed by atoms with van der Waals surface area (Å²) in [6.45, 7) is 1.80. The zero-order valence-electron chi connectivity index (χ0n) is 10.3. The number of nitrogens with two attached hydrogens (primary N) is 1. The Kier molecular flexibility index (Phi) is 5.26. The summed E-state index contributed by atoms with van der Waals surface area (Å²) in [5, 5.41) is -0.284. The molecule has 8 heteroatoms. The Hall–Kier alpha value is -1.89. The number of carbonyl (C=O) groups is 1. The summed E-state index contributed by atoms with van der Waals surface area (Å²) in [5.41, 5.74) is 5.85. The predicted molar refractivity (Wildman–Crippen MR) is 68.2 cm³/mol. The van der Waals surface area contributed by atoms with E-state index < -0.39 is 18.1 Å². The van der Waals surface area contributed by atoms with Gasteiger partial charge in [0.1, 0.15) is 5.75 Å². The van der Waals surface area contributed by atoms with Crippen molar-refractivity contribution in [3.8, 4) is 5.75 Å². The van der Waals surface area contributed by atoms with Gasteiger partial charge in [-0.05, 0) is 25.1 Å². The van der Waals surface area contributed by atoms with Crippen LogP contribution in [-0.2, 0) is 9.53 Å². The molecule has 0 radical (unpaired) electrons. The molecule has 0 atom stereocenters. The van der Waals surface area contributed by atoms with Gasteiger partial charge in [0.05, 0.1) is 11.6 Å². The highest BCUT2D eigenvalue weighted by Crippen LogP contribution is 2.34. The second-order valence-electron chi connectivity index (χ2n) is 3.54. The summed E-state index contributed by atoms with van der Waals surface area (Å²) >= 11 is 5.60. The van der Waals surface area contributed by atoms with E-state index in [4.69, 9.17) is 17.3 Å². The number of carbonyl (C=O) groups excluding carboxylic acids is 1. The van der Waals surface area contributed by atoms with Crippen LogP contribution in [0.25, 0.3) is 6.08 Å². The summed E-state index contributed by atoms with van der Waals surface area (Å²) in [7, 11) is 0. The summed E-state index contributed by atoms with van der Waals surface area (Å²) in [5.74, 6) is -1.24. The molecule has 1 aromatic carbocycles. The zero-order chi connectivity index (χ0) is 15.3. The van der Waals surface area contributed by atoms with E-state index in [1.807, 2.05) is 0 Å². The van der Waals surface area contributed by atoms with E-state index in [-0.39, 0.29) is 22.9 Å². The van der Waals surface area contributed by atoms with E-state index in [2.05, 4.69) is 9.47 Å². The summed E-state index contributed by atoms with van der Waals surface area (Å²) in [6.07, 6.45) is -2.62. The number of anilines is 1. The van der Waals surface area contributed by atoms with Gasteiger partial charge in [-0.2, -0.15) is 0 Å². The third kappa shape index (κ3) is 5.00. The zero-order valence-corrected chi connectivity index (χ0v) is 11.1. The molecule has 0 aliphatic rings. The van der Waals surface area contributed by atoms with Crippen molar-refractivity contribution in [2.24, 2.45) is 0 Å². The monoisotopic (exact) mass is 309 g/mol. The van der Waals surface area contributed by atoms with Crippen molar-refractivity contribution in [2.75, 3.05) is 12.3 Å². The van der Waals surface area contributed by atoms with Gasteiger partial charge in [-0.3, -0.25) is 0 Å². The lowest BCUT2D eigenvalue weighted by atomic mass is 10.1. The van der Waals surface area contributed by atoms with E-state index in [1.165, 1.54) is 6.08 Å². The Morgan fingerprint density at radius 1 is 1.45 bits per heavy atom. The molecule has 0 saturated heterocycles. The minimum absolute atomic E-state index is 0.102. The smallest absolute Gasteiger partial charge is 0.463 e. The molecule has 0 amide bonds. The van der Waals surface area contributed by atoms with Crippen LogP contribution in [0.15, 0.2) is 18.2 Å². The molecule has 20 heavy (non-hydrogen) atoms. The van der Waals surface area contributed by atoms with Crippen LogP contribution in [0.1, 0.15) is 12.5 Å². The number of rotatable bonds is 4. The SMILES string of the molecule is CCOC(=O)C=Cc1cc(OC(F)(F)F)c(Cl)cc1N. The number of hydrogen-bond donors (Lipinski definition) is 1. The van der Waals surface area contributed by atoms with Crippen molar-refractivity contribution in [3.05, 3.63) is 28.8 Å². The molecule has 4 nitrogen and oxygen atoms in total. The molecule has 110 valence electrons. The second kappa shape index (κ2) is 6.51. The molecule has 0 saturated carbocycles.